The molecule has 0 saturated heterocycles. The van der Waals surface area contributed by atoms with E-state index >= 15 is 0 Å². The zero-order chi connectivity index (χ0) is 12.1. The molecular weight excluding hydrogens is 214 g/mol. The minimum Gasteiger partial charge on any atom is -0.493 e. The Morgan fingerprint density at radius 2 is 2.29 bits per heavy atom. The van der Waals surface area contributed by atoms with Crippen LogP contribution in [0, 0.1) is 0 Å². The number of anilines is 1. The van der Waals surface area contributed by atoms with E-state index in [4.69, 9.17) is 4.74 Å². The summed E-state index contributed by atoms with van der Waals surface area (Å²) in [6, 6.07) is 5.71. The van der Waals surface area contributed by atoms with Gasteiger partial charge in [0.05, 0.1) is 6.61 Å². The van der Waals surface area contributed by atoms with Crippen molar-refractivity contribution in [2.24, 2.45) is 0 Å². The minimum absolute atomic E-state index is 0.123. The largest absolute Gasteiger partial charge is 0.493 e. The molecule has 3 nitrogen and oxygen atoms in total. The molecule has 0 spiro atoms. The normalized spacial score (nSPS) is 13.9. The maximum absolute atomic E-state index is 11.5. The highest BCUT2D eigenvalue weighted by atomic mass is 16.5. The summed E-state index contributed by atoms with van der Waals surface area (Å²) in [6.07, 6.45) is 7.82. The summed E-state index contributed by atoms with van der Waals surface area (Å²) in [5.74, 6) is 0.800. The minimum atomic E-state index is -0.123. The van der Waals surface area contributed by atoms with Crippen LogP contribution in [0.3, 0.4) is 0 Å². The molecule has 2 rings (SSSR count). The van der Waals surface area contributed by atoms with E-state index in [0.717, 1.165) is 30.0 Å². The van der Waals surface area contributed by atoms with Crippen molar-refractivity contribution in [2.45, 2.75) is 13.3 Å². The fraction of sp³-hybridized carbons (Fsp3) is 0.214. The Labute approximate surface area is 101 Å². The highest BCUT2D eigenvalue weighted by Gasteiger charge is 2.12. The number of nitrogens with one attached hydrogen (secondary N) is 1. The molecule has 0 atom stereocenters. The molecule has 0 aromatic heterocycles. The topological polar surface area (TPSA) is 38.3 Å². The SMILES string of the molecule is CC=CC=CC(=O)Nc1ccc2c(c1)CCO2. The predicted molar refractivity (Wildman–Crippen MR) is 68.2 cm³/mol. The quantitative estimate of drug-likeness (QED) is 0.639. The van der Waals surface area contributed by atoms with Crippen LogP contribution in [0.5, 0.6) is 5.75 Å². The standard InChI is InChI=1S/C14H15NO2/c1-2-3-4-5-14(16)15-12-6-7-13-11(10-12)8-9-17-13/h2-7,10H,8-9H2,1H3,(H,15,16). The third kappa shape index (κ3) is 2.97. The molecule has 88 valence electrons. The van der Waals surface area contributed by atoms with Crippen molar-refractivity contribution in [1.82, 2.24) is 0 Å². The van der Waals surface area contributed by atoms with Crippen LogP contribution in [0.4, 0.5) is 5.69 Å². The number of amides is 1. The van der Waals surface area contributed by atoms with E-state index in [1.165, 1.54) is 6.08 Å². The predicted octanol–water partition coefficient (Wildman–Crippen LogP) is 2.69. The number of rotatable bonds is 3. The number of benzene rings is 1. The van der Waals surface area contributed by atoms with Gasteiger partial charge in [-0.15, -0.1) is 0 Å². The van der Waals surface area contributed by atoms with Crippen LogP contribution in [0.15, 0.2) is 42.5 Å². The van der Waals surface area contributed by atoms with Gasteiger partial charge >= 0.3 is 0 Å². The first-order valence-electron chi connectivity index (χ1n) is 5.65. The molecule has 1 aliphatic rings. The first-order valence-corrected chi connectivity index (χ1v) is 5.65. The third-order valence-corrected chi connectivity index (χ3v) is 2.51. The Morgan fingerprint density at radius 1 is 1.41 bits per heavy atom. The van der Waals surface area contributed by atoms with Crippen LogP contribution in [-0.2, 0) is 11.2 Å². The Balaban J connectivity index is 2.01. The Hall–Kier alpha value is -2.03. The number of carbonyl (C=O) groups excluding carboxylic acids is 1. The molecule has 17 heavy (non-hydrogen) atoms. The van der Waals surface area contributed by atoms with Gasteiger partial charge in [0.25, 0.3) is 0 Å². The lowest BCUT2D eigenvalue weighted by molar-refractivity contribution is -0.111. The zero-order valence-corrected chi connectivity index (χ0v) is 9.77. The van der Waals surface area contributed by atoms with Gasteiger partial charge in [-0.3, -0.25) is 4.79 Å². The van der Waals surface area contributed by atoms with Gasteiger partial charge in [0.2, 0.25) is 5.91 Å². The van der Waals surface area contributed by atoms with Gasteiger partial charge in [-0.1, -0.05) is 18.2 Å². The van der Waals surface area contributed by atoms with Gasteiger partial charge in [-0.2, -0.15) is 0 Å². The summed E-state index contributed by atoms with van der Waals surface area (Å²) < 4.78 is 5.40. The second-order valence-electron chi connectivity index (χ2n) is 3.80. The van der Waals surface area contributed by atoms with Crippen molar-refractivity contribution >= 4 is 11.6 Å². The Kier molecular flexibility index (Phi) is 3.60. The zero-order valence-electron chi connectivity index (χ0n) is 9.77. The second-order valence-corrected chi connectivity index (χ2v) is 3.80. The number of carbonyl (C=O) groups is 1. The summed E-state index contributed by atoms with van der Waals surface area (Å²) >= 11 is 0. The second kappa shape index (κ2) is 5.34. The van der Waals surface area contributed by atoms with Crippen molar-refractivity contribution in [3.05, 3.63) is 48.1 Å². The maximum Gasteiger partial charge on any atom is 0.248 e. The van der Waals surface area contributed by atoms with E-state index in [1.807, 2.05) is 37.3 Å². The lowest BCUT2D eigenvalue weighted by Crippen LogP contribution is -2.07. The summed E-state index contributed by atoms with van der Waals surface area (Å²) in [6.45, 7) is 2.64. The van der Waals surface area contributed by atoms with E-state index < -0.39 is 0 Å². The van der Waals surface area contributed by atoms with Crippen molar-refractivity contribution in [1.29, 1.82) is 0 Å². The lowest BCUT2D eigenvalue weighted by atomic mass is 10.1. The maximum atomic E-state index is 11.5. The molecule has 0 saturated carbocycles. The van der Waals surface area contributed by atoms with E-state index in [0.29, 0.717) is 0 Å². The molecule has 0 aliphatic carbocycles. The fourth-order valence-electron chi connectivity index (χ4n) is 1.70. The van der Waals surface area contributed by atoms with Gasteiger partial charge in [0, 0.05) is 18.2 Å². The Morgan fingerprint density at radius 3 is 3.12 bits per heavy atom. The highest BCUT2D eigenvalue weighted by Crippen LogP contribution is 2.27. The van der Waals surface area contributed by atoms with Gasteiger partial charge in [-0.25, -0.2) is 0 Å². The number of hydrogen-bond acceptors (Lipinski definition) is 2. The summed E-state index contributed by atoms with van der Waals surface area (Å²) in [4.78, 5) is 11.5. The van der Waals surface area contributed by atoms with Crippen molar-refractivity contribution in [3.63, 3.8) is 0 Å². The van der Waals surface area contributed by atoms with Gasteiger partial charge in [0.1, 0.15) is 5.75 Å². The molecule has 1 heterocycles. The Bertz CT molecular complexity index is 475. The molecule has 1 amide bonds. The lowest BCUT2D eigenvalue weighted by Gasteiger charge is -2.04. The highest BCUT2D eigenvalue weighted by molar-refractivity contribution is 5.99. The summed E-state index contributed by atoms with van der Waals surface area (Å²) in [7, 11) is 0. The molecule has 0 bridgehead atoms. The first kappa shape index (κ1) is 11.5. The monoisotopic (exact) mass is 229 g/mol. The van der Waals surface area contributed by atoms with Gasteiger partial charge in [-0.05, 0) is 30.7 Å². The number of ether oxygens (including phenoxy) is 1. The molecular formula is C14H15NO2. The van der Waals surface area contributed by atoms with Crippen LogP contribution < -0.4 is 10.1 Å². The summed E-state index contributed by atoms with van der Waals surface area (Å²) in [5.41, 5.74) is 1.96. The van der Waals surface area contributed by atoms with Crippen LogP contribution in [0.2, 0.25) is 0 Å². The van der Waals surface area contributed by atoms with Crippen LogP contribution in [-0.4, -0.2) is 12.5 Å². The molecule has 0 fully saturated rings. The molecule has 1 N–H and O–H groups in total. The number of fused-ring (bicyclic) bond motifs is 1. The van der Waals surface area contributed by atoms with E-state index in [9.17, 15) is 4.79 Å². The van der Waals surface area contributed by atoms with Crippen LogP contribution in [0.25, 0.3) is 0 Å². The third-order valence-electron chi connectivity index (χ3n) is 2.51. The molecule has 1 aliphatic heterocycles. The van der Waals surface area contributed by atoms with Crippen LogP contribution >= 0.6 is 0 Å². The first-order chi connectivity index (χ1) is 8.29. The van der Waals surface area contributed by atoms with Gasteiger partial charge in [0.15, 0.2) is 0 Å². The fourth-order valence-corrected chi connectivity index (χ4v) is 1.70. The van der Waals surface area contributed by atoms with E-state index in [2.05, 4.69) is 5.32 Å². The molecule has 0 unspecified atom stereocenters. The molecule has 1 aromatic carbocycles. The van der Waals surface area contributed by atoms with E-state index in [1.54, 1.807) is 6.08 Å². The van der Waals surface area contributed by atoms with Gasteiger partial charge < -0.3 is 10.1 Å². The van der Waals surface area contributed by atoms with Crippen molar-refractivity contribution in [2.75, 3.05) is 11.9 Å². The number of hydrogen-bond donors (Lipinski definition) is 1. The average molecular weight is 229 g/mol. The van der Waals surface area contributed by atoms with Crippen molar-refractivity contribution in [3.8, 4) is 5.75 Å². The average Bonchev–Trinajstić information content (AvgIpc) is 2.76. The van der Waals surface area contributed by atoms with Crippen LogP contribution in [0.1, 0.15) is 12.5 Å². The summed E-state index contributed by atoms with van der Waals surface area (Å²) in [5, 5.41) is 2.82. The molecule has 0 radical (unpaired) electrons. The number of allylic oxidation sites excluding steroid dienone is 3. The van der Waals surface area contributed by atoms with Crippen molar-refractivity contribution < 1.29 is 9.53 Å². The molecule has 1 aromatic rings. The van der Waals surface area contributed by atoms with E-state index in [-0.39, 0.29) is 5.91 Å². The molecule has 3 heteroatoms. The smallest absolute Gasteiger partial charge is 0.248 e.